The zero-order chi connectivity index (χ0) is 35.8. The first-order chi connectivity index (χ1) is 26.7. The summed E-state index contributed by atoms with van der Waals surface area (Å²) in [6.07, 6.45) is 3.69. The molecule has 0 aliphatic carbocycles. The number of nitrogens with zero attached hydrogens (tertiary/aromatic N) is 3. The molecule has 0 fully saturated rings. The van der Waals surface area contributed by atoms with Gasteiger partial charge in [-0.1, -0.05) is 158 Å². The van der Waals surface area contributed by atoms with E-state index < -0.39 is 0 Å². The Hall–Kier alpha value is -7.23. The molecule has 8 aromatic carbocycles. The van der Waals surface area contributed by atoms with E-state index in [0.717, 1.165) is 50.3 Å². The van der Waals surface area contributed by atoms with Crippen LogP contribution in [0.15, 0.2) is 200 Å². The van der Waals surface area contributed by atoms with Crippen molar-refractivity contribution in [2.75, 3.05) is 0 Å². The van der Waals surface area contributed by atoms with Gasteiger partial charge in [-0.15, -0.1) is 0 Å². The number of hydrogen-bond donors (Lipinski definition) is 0. The third-order valence-electron chi connectivity index (χ3n) is 10.4. The van der Waals surface area contributed by atoms with Gasteiger partial charge in [-0.05, 0) is 96.0 Å². The number of pyridine rings is 1. The Kier molecular flexibility index (Phi) is 7.81. The molecule has 0 N–H and O–H groups in total. The first kappa shape index (κ1) is 31.5. The van der Waals surface area contributed by atoms with Crippen LogP contribution in [-0.2, 0) is 0 Å². The Morgan fingerprint density at radius 3 is 1.61 bits per heavy atom. The molecule has 2 aromatic heterocycles. The maximum Gasteiger partial charge on any atom is 0.160 e. The van der Waals surface area contributed by atoms with Crippen molar-refractivity contribution in [3.8, 4) is 67.3 Å². The molecule has 0 unspecified atom stereocenters. The summed E-state index contributed by atoms with van der Waals surface area (Å²) < 4.78 is 0. The molecule has 10 rings (SSSR count). The van der Waals surface area contributed by atoms with Crippen molar-refractivity contribution in [1.82, 2.24) is 15.0 Å². The van der Waals surface area contributed by atoms with Crippen LogP contribution < -0.4 is 0 Å². The molecule has 0 aliphatic rings. The fourth-order valence-corrected chi connectivity index (χ4v) is 7.56. The summed E-state index contributed by atoms with van der Waals surface area (Å²) in [5.41, 5.74) is 11.6. The summed E-state index contributed by atoms with van der Waals surface area (Å²) in [5, 5.41) is 7.47. The van der Waals surface area contributed by atoms with Crippen molar-refractivity contribution in [1.29, 1.82) is 0 Å². The molecule has 252 valence electrons. The van der Waals surface area contributed by atoms with Gasteiger partial charge in [0.15, 0.2) is 5.82 Å². The molecule has 3 nitrogen and oxygen atoms in total. The maximum atomic E-state index is 5.22. The van der Waals surface area contributed by atoms with E-state index in [9.17, 15) is 0 Å². The Morgan fingerprint density at radius 2 is 0.870 bits per heavy atom. The van der Waals surface area contributed by atoms with Crippen molar-refractivity contribution in [3.63, 3.8) is 0 Å². The summed E-state index contributed by atoms with van der Waals surface area (Å²) >= 11 is 0. The van der Waals surface area contributed by atoms with Gasteiger partial charge in [0.25, 0.3) is 0 Å². The third-order valence-corrected chi connectivity index (χ3v) is 10.4. The van der Waals surface area contributed by atoms with Gasteiger partial charge in [0.1, 0.15) is 0 Å². The molecule has 0 amide bonds. The quantitative estimate of drug-likeness (QED) is 0.163. The van der Waals surface area contributed by atoms with E-state index in [-0.39, 0.29) is 0 Å². The fourth-order valence-electron chi connectivity index (χ4n) is 7.56. The predicted molar refractivity (Wildman–Crippen MR) is 225 cm³/mol. The van der Waals surface area contributed by atoms with Crippen LogP contribution in [0.5, 0.6) is 0 Å². The minimum absolute atomic E-state index is 0.686. The summed E-state index contributed by atoms with van der Waals surface area (Å²) in [4.78, 5) is 14.7. The van der Waals surface area contributed by atoms with Crippen LogP contribution in [0.2, 0.25) is 0 Å². The van der Waals surface area contributed by atoms with E-state index in [4.69, 9.17) is 9.97 Å². The predicted octanol–water partition coefficient (Wildman–Crippen LogP) is 13.3. The Balaban J connectivity index is 1.08. The van der Waals surface area contributed by atoms with Crippen molar-refractivity contribution in [2.45, 2.75) is 0 Å². The van der Waals surface area contributed by atoms with Gasteiger partial charge < -0.3 is 0 Å². The van der Waals surface area contributed by atoms with Crippen LogP contribution in [0.3, 0.4) is 0 Å². The van der Waals surface area contributed by atoms with Crippen molar-refractivity contribution in [3.05, 3.63) is 200 Å². The largest absolute Gasteiger partial charge is 0.264 e. The van der Waals surface area contributed by atoms with Crippen molar-refractivity contribution in [2.24, 2.45) is 0 Å². The van der Waals surface area contributed by atoms with Gasteiger partial charge in [-0.25, -0.2) is 9.97 Å². The lowest BCUT2D eigenvalue weighted by Gasteiger charge is -2.13. The van der Waals surface area contributed by atoms with E-state index >= 15 is 0 Å². The summed E-state index contributed by atoms with van der Waals surface area (Å²) in [5.74, 6) is 0.686. The standard InChI is InChI=1S/C51H33N3/c1-2-10-39-29-41(27-20-34(39)9-1)40-12-7-13-43(30-40)51-53-49(37-23-18-35(19-24-37)44-14-8-28-52-33-44)32-50(54-51)38-25-21-36(22-26-38)48-31-42-11-3-4-15-45(42)46-16-5-6-17-47(46)48/h1-33H. The summed E-state index contributed by atoms with van der Waals surface area (Å²) in [6.45, 7) is 0. The minimum atomic E-state index is 0.686. The second-order valence-electron chi connectivity index (χ2n) is 13.7. The molecule has 0 saturated heterocycles. The topological polar surface area (TPSA) is 38.7 Å². The van der Waals surface area contributed by atoms with Crippen LogP contribution in [0, 0.1) is 0 Å². The first-order valence-corrected chi connectivity index (χ1v) is 18.2. The lowest BCUT2D eigenvalue weighted by atomic mass is 9.92. The van der Waals surface area contributed by atoms with Crippen LogP contribution in [0.4, 0.5) is 0 Å². The van der Waals surface area contributed by atoms with Gasteiger partial charge >= 0.3 is 0 Å². The molecule has 0 saturated carbocycles. The highest BCUT2D eigenvalue weighted by molar-refractivity contribution is 6.13. The molecule has 0 atom stereocenters. The second kappa shape index (κ2) is 13.4. The minimum Gasteiger partial charge on any atom is -0.264 e. The SMILES string of the molecule is c1cncc(-c2ccc(-c3cc(-c4ccc(-c5cc6ccccc6c6ccccc56)cc4)nc(-c4cccc(-c5ccc6ccccc6c5)c4)n3)cc2)c1. The lowest BCUT2D eigenvalue weighted by Crippen LogP contribution is -1.96. The number of rotatable bonds is 6. The molecule has 10 aromatic rings. The number of aromatic nitrogens is 3. The Bertz CT molecular complexity index is 2970. The van der Waals surface area contributed by atoms with E-state index in [1.165, 1.54) is 43.4 Å². The Morgan fingerprint density at radius 1 is 0.296 bits per heavy atom. The molecule has 0 bridgehead atoms. The molecule has 3 heteroatoms. The fraction of sp³-hybridized carbons (Fsp3) is 0. The average molecular weight is 688 g/mol. The van der Waals surface area contributed by atoms with Gasteiger partial charge in [-0.2, -0.15) is 0 Å². The lowest BCUT2D eigenvalue weighted by molar-refractivity contribution is 1.18. The molecule has 0 spiro atoms. The average Bonchev–Trinajstić information content (AvgIpc) is 3.26. The zero-order valence-electron chi connectivity index (χ0n) is 29.4. The van der Waals surface area contributed by atoms with Crippen molar-refractivity contribution >= 4 is 32.3 Å². The Labute approximate surface area is 313 Å². The van der Waals surface area contributed by atoms with Crippen molar-refractivity contribution < 1.29 is 0 Å². The van der Waals surface area contributed by atoms with Crippen LogP contribution in [0.25, 0.3) is 99.6 Å². The maximum absolute atomic E-state index is 5.22. The normalized spacial score (nSPS) is 11.3. The van der Waals surface area contributed by atoms with Gasteiger partial charge in [0.05, 0.1) is 11.4 Å². The third kappa shape index (κ3) is 5.88. The van der Waals surface area contributed by atoms with E-state index in [2.05, 4.69) is 187 Å². The monoisotopic (exact) mass is 687 g/mol. The molecule has 0 aliphatic heterocycles. The second-order valence-corrected chi connectivity index (χ2v) is 13.7. The molecular formula is C51H33N3. The summed E-state index contributed by atoms with van der Waals surface area (Å²) in [6, 6.07) is 66.8. The molecular weight excluding hydrogens is 655 g/mol. The highest BCUT2D eigenvalue weighted by Gasteiger charge is 2.14. The molecule has 54 heavy (non-hydrogen) atoms. The van der Waals surface area contributed by atoms with Crippen LogP contribution in [-0.4, -0.2) is 15.0 Å². The number of fused-ring (bicyclic) bond motifs is 4. The van der Waals surface area contributed by atoms with E-state index in [1.807, 2.05) is 12.3 Å². The van der Waals surface area contributed by atoms with Gasteiger partial charge in [0.2, 0.25) is 0 Å². The molecule has 2 heterocycles. The summed E-state index contributed by atoms with van der Waals surface area (Å²) in [7, 11) is 0. The smallest absolute Gasteiger partial charge is 0.160 e. The van der Waals surface area contributed by atoms with Crippen LogP contribution >= 0.6 is 0 Å². The van der Waals surface area contributed by atoms with Crippen LogP contribution in [0.1, 0.15) is 0 Å². The number of benzene rings is 8. The van der Waals surface area contributed by atoms with Gasteiger partial charge in [-0.3, -0.25) is 4.98 Å². The zero-order valence-corrected chi connectivity index (χ0v) is 29.4. The van der Waals surface area contributed by atoms with E-state index in [1.54, 1.807) is 6.20 Å². The number of hydrogen-bond acceptors (Lipinski definition) is 3. The first-order valence-electron chi connectivity index (χ1n) is 18.2. The highest BCUT2D eigenvalue weighted by atomic mass is 14.9. The highest BCUT2D eigenvalue weighted by Crippen LogP contribution is 2.37. The van der Waals surface area contributed by atoms with Gasteiger partial charge in [0, 0.05) is 29.1 Å². The molecule has 0 radical (unpaired) electrons. The van der Waals surface area contributed by atoms with E-state index in [0.29, 0.717) is 5.82 Å².